The molecule has 0 radical (unpaired) electrons. The van der Waals surface area contributed by atoms with Gasteiger partial charge in [0, 0.05) is 12.3 Å². The fourth-order valence-corrected chi connectivity index (χ4v) is 3.00. The third kappa shape index (κ3) is 4.79. The van der Waals surface area contributed by atoms with Gasteiger partial charge in [-0.3, -0.25) is 14.4 Å². The molecule has 0 atom stereocenters. The summed E-state index contributed by atoms with van der Waals surface area (Å²) >= 11 is 0. The normalized spacial score (nSPS) is 10.7. The fraction of sp³-hybridized carbons (Fsp3) is 0.174. The Balaban J connectivity index is 1.82. The maximum absolute atomic E-state index is 12.6. The number of amides is 2. The molecule has 148 valence electrons. The summed E-state index contributed by atoms with van der Waals surface area (Å²) in [6.45, 7) is 4.60. The van der Waals surface area contributed by atoms with Gasteiger partial charge in [-0.1, -0.05) is 50.2 Å². The molecule has 3 rings (SSSR count). The minimum Gasteiger partial charge on any atom is -0.366 e. The van der Waals surface area contributed by atoms with E-state index in [1.165, 1.54) is 28.5 Å². The summed E-state index contributed by atoms with van der Waals surface area (Å²) in [5.74, 6) is -0.625. The Bertz CT molecular complexity index is 1100. The van der Waals surface area contributed by atoms with Gasteiger partial charge in [-0.15, -0.1) is 0 Å². The van der Waals surface area contributed by atoms with E-state index in [9.17, 15) is 14.4 Å². The summed E-state index contributed by atoms with van der Waals surface area (Å²) in [7, 11) is 0. The second kappa shape index (κ2) is 8.56. The SMILES string of the molecule is CC(C)c1ccc(Cn2cc(C(=O)Nc3ccccc3C(N)=O)ccc2=O)cc1. The molecule has 1 heterocycles. The third-order valence-electron chi connectivity index (χ3n) is 4.69. The van der Waals surface area contributed by atoms with Crippen molar-refractivity contribution in [3.05, 3.63) is 99.5 Å². The zero-order valence-electron chi connectivity index (χ0n) is 16.4. The van der Waals surface area contributed by atoms with Crippen molar-refractivity contribution in [1.82, 2.24) is 4.57 Å². The molecular weight excluding hydrogens is 366 g/mol. The number of nitrogens with two attached hydrogens (primary N) is 1. The van der Waals surface area contributed by atoms with E-state index in [0.717, 1.165) is 5.56 Å². The minimum atomic E-state index is -0.629. The summed E-state index contributed by atoms with van der Waals surface area (Å²) in [5, 5.41) is 2.68. The average molecular weight is 389 g/mol. The first-order valence-corrected chi connectivity index (χ1v) is 9.34. The number of hydrogen-bond donors (Lipinski definition) is 2. The van der Waals surface area contributed by atoms with Crippen molar-refractivity contribution in [2.24, 2.45) is 5.73 Å². The second-order valence-corrected chi connectivity index (χ2v) is 7.14. The molecule has 6 nitrogen and oxygen atoms in total. The Morgan fingerprint density at radius 1 is 1.00 bits per heavy atom. The summed E-state index contributed by atoms with van der Waals surface area (Å²) < 4.78 is 1.49. The van der Waals surface area contributed by atoms with E-state index < -0.39 is 11.8 Å². The lowest BCUT2D eigenvalue weighted by Gasteiger charge is -2.11. The number of hydrogen-bond acceptors (Lipinski definition) is 3. The van der Waals surface area contributed by atoms with Crippen LogP contribution < -0.4 is 16.6 Å². The number of carbonyl (C=O) groups is 2. The first-order chi connectivity index (χ1) is 13.8. The van der Waals surface area contributed by atoms with Crippen LogP contribution in [0.4, 0.5) is 5.69 Å². The van der Waals surface area contributed by atoms with Gasteiger partial charge in [0.05, 0.1) is 23.4 Å². The van der Waals surface area contributed by atoms with Gasteiger partial charge in [0.2, 0.25) is 0 Å². The van der Waals surface area contributed by atoms with Crippen LogP contribution in [0.25, 0.3) is 0 Å². The molecule has 0 spiro atoms. The van der Waals surface area contributed by atoms with E-state index >= 15 is 0 Å². The van der Waals surface area contributed by atoms with Gasteiger partial charge < -0.3 is 15.6 Å². The van der Waals surface area contributed by atoms with Crippen LogP contribution in [0.5, 0.6) is 0 Å². The molecule has 0 unspecified atom stereocenters. The third-order valence-corrected chi connectivity index (χ3v) is 4.69. The van der Waals surface area contributed by atoms with Crippen LogP contribution in [-0.2, 0) is 6.54 Å². The maximum Gasteiger partial charge on any atom is 0.257 e. The molecule has 0 aliphatic heterocycles. The van der Waals surface area contributed by atoms with E-state index in [1.54, 1.807) is 24.3 Å². The van der Waals surface area contributed by atoms with Gasteiger partial charge in [0.25, 0.3) is 17.4 Å². The topological polar surface area (TPSA) is 94.2 Å². The van der Waals surface area contributed by atoms with Crippen LogP contribution in [0.2, 0.25) is 0 Å². The van der Waals surface area contributed by atoms with E-state index in [0.29, 0.717) is 23.7 Å². The standard InChI is InChI=1S/C23H23N3O3/c1-15(2)17-9-7-16(8-10-17)13-26-14-18(11-12-21(26)27)23(29)25-20-6-4-3-5-19(20)22(24)28/h3-12,14-15H,13H2,1-2H3,(H2,24,28)(H,25,29). The molecule has 1 aromatic heterocycles. The van der Waals surface area contributed by atoms with Crippen molar-refractivity contribution in [3.63, 3.8) is 0 Å². The highest BCUT2D eigenvalue weighted by Crippen LogP contribution is 2.17. The molecule has 3 N–H and O–H groups in total. The summed E-state index contributed by atoms with van der Waals surface area (Å²) in [4.78, 5) is 36.4. The van der Waals surface area contributed by atoms with Gasteiger partial charge in [-0.25, -0.2) is 0 Å². The number of anilines is 1. The summed E-state index contributed by atoms with van der Waals surface area (Å²) in [6, 6.07) is 17.4. The molecular formula is C23H23N3O3. The molecule has 0 fully saturated rings. The van der Waals surface area contributed by atoms with Crippen molar-refractivity contribution in [2.75, 3.05) is 5.32 Å². The fourth-order valence-electron chi connectivity index (χ4n) is 3.00. The lowest BCUT2D eigenvalue weighted by Crippen LogP contribution is -2.23. The number of primary amides is 1. The number of benzene rings is 2. The van der Waals surface area contributed by atoms with Crippen molar-refractivity contribution >= 4 is 17.5 Å². The van der Waals surface area contributed by atoms with E-state index in [2.05, 4.69) is 19.2 Å². The Morgan fingerprint density at radius 2 is 1.69 bits per heavy atom. The number of nitrogens with one attached hydrogen (secondary N) is 1. The Kier molecular flexibility index (Phi) is 5.93. The molecule has 6 heteroatoms. The summed E-state index contributed by atoms with van der Waals surface area (Å²) in [6.07, 6.45) is 1.51. The zero-order valence-corrected chi connectivity index (χ0v) is 16.4. The van der Waals surface area contributed by atoms with Gasteiger partial charge in [0.15, 0.2) is 0 Å². The molecule has 2 amide bonds. The van der Waals surface area contributed by atoms with Crippen LogP contribution in [-0.4, -0.2) is 16.4 Å². The number of rotatable bonds is 6. The van der Waals surface area contributed by atoms with Crippen molar-refractivity contribution in [3.8, 4) is 0 Å². The Labute approximate surface area is 169 Å². The maximum atomic E-state index is 12.6. The molecule has 29 heavy (non-hydrogen) atoms. The van der Waals surface area contributed by atoms with Gasteiger partial charge in [-0.2, -0.15) is 0 Å². The van der Waals surface area contributed by atoms with Crippen molar-refractivity contribution in [2.45, 2.75) is 26.3 Å². The number of aromatic nitrogens is 1. The van der Waals surface area contributed by atoms with Gasteiger partial charge in [0.1, 0.15) is 0 Å². The van der Waals surface area contributed by atoms with Gasteiger partial charge >= 0.3 is 0 Å². The van der Waals surface area contributed by atoms with Crippen molar-refractivity contribution in [1.29, 1.82) is 0 Å². The molecule has 0 aliphatic carbocycles. The Hall–Kier alpha value is -3.67. The number of pyridine rings is 1. The quantitative estimate of drug-likeness (QED) is 0.677. The first-order valence-electron chi connectivity index (χ1n) is 9.34. The van der Waals surface area contributed by atoms with E-state index in [4.69, 9.17) is 5.73 Å². The molecule has 3 aromatic rings. The predicted octanol–water partition coefficient (Wildman–Crippen LogP) is 3.37. The lowest BCUT2D eigenvalue weighted by atomic mass is 10.0. The number of carbonyl (C=O) groups excluding carboxylic acids is 2. The van der Waals surface area contributed by atoms with Gasteiger partial charge in [-0.05, 0) is 35.2 Å². The molecule has 0 aliphatic rings. The number of nitrogens with zero attached hydrogens (tertiary/aromatic N) is 1. The van der Waals surface area contributed by atoms with E-state index in [-0.39, 0.29) is 11.1 Å². The van der Waals surface area contributed by atoms with Crippen molar-refractivity contribution < 1.29 is 9.59 Å². The van der Waals surface area contributed by atoms with Crippen LogP contribution in [0.1, 0.15) is 51.6 Å². The highest BCUT2D eigenvalue weighted by molar-refractivity contribution is 6.08. The minimum absolute atomic E-state index is 0.202. The van der Waals surface area contributed by atoms with Crippen LogP contribution in [0.3, 0.4) is 0 Å². The average Bonchev–Trinajstić information content (AvgIpc) is 2.70. The zero-order chi connectivity index (χ0) is 21.0. The molecule has 0 saturated carbocycles. The van der Waals surface area contributed by atoms with Crippen LogP contribution >= 0.6 is 0 Å². The largest absolute Gasteiger partial charge is 0.366 e. The molecule has 2 aromatic carbocycles. The highest BCUT2D eigenvalue weighted by atomic mass is 16.2. The monoisotopic (exact) mass is 389 g/mol. The van der Waals surface area contributed by atoms with Crippen LogP contribution in [0.15, 0.2) is 71.7 Å². The Morgan fingerprint density at radius 3 is 2.34 bits per heavy atom. The lowest BCUT2D eigenvalue weighted by molar-refractivity contribution is 0.100. The first kappa shape index (κ1) is 20.1. The number of para-hydroxylation sites is 1. The molecule has 0 bridgehead atoms. The predicted molar refractivity (Wildman–Crippen MR) is 113 cm³/mol. The highest BCUT2D eigenvalue weighted by Gasteiger charge is 2.13. The van der Waals surface area contributed by atoms with Crippen LogP contribution in [0, 0.1) is 0 Å². The second-order valence-electron chi connectivity index (χ2n) is 7.14. The van der Waals surface area contributed by atoms with E-state index in [1.807, 2.05) is 24.3 Å². The smallest absolute Gasteiger partial charge is 0.257 e. The molecule has 0 saturated heterocycles. The summed E-state index contributed by atoms with van der Waals surface area (Å²) in [5.41, 5.74) is 8.20.